The van der Waals surface area contributed by atoms with Gasteiger partial charge in [0.05, 0.1) is 16.4 Å². The molecule has 0 bridgehead atoms. The van der Waals surface area contributed by atoms with Crippen molar-refractivity contribution in [2.45, 2.75) is 30.7 Å². The topological polar surface area (TPSA) is 88.6 Å². The molecule has 1 amide bonds. The molecule has 0 N–H and O–H groups in total. The van der Waals surface area contributed by atoms with Crippen molar-refractivity contribution in [3.8, 4) is 0 Å². The summed E-state index contributed by atoms with van der Waals surface area (Å²) in [4.78, 5) is 14.4. The number of rotatable bonds is 5. The molecule has 1 atom stereocenters. The van der Waals surface area contributed by atoms with Crippen LogP contribution in [0.1, 0.15) is 30.1 Å². The number of carbonyl (C=O) groups excluding carboxylic acids is 1. The third-order valence-corrected chi connectivity index (χ3v) is 6.74. The Morgan fingerprint density at radius 3 is 2.57 bits per heavy atom. The number of amides is 1. The summed E-state index contributed by atoms with van der Waals surface area (Å²) in [6.45, 7) is 2.36. The molecule has 6 nitrogen and oxygen atoms in total. The Hall–Kier alpha value is -1.41. The van der Waals surface area contributed by atoms with E-state index >= 15 is 0 Å². The van der Waals surface area contributed by atoms with Gasteiger partial charge in [0.1, 0.15) is 0 Å². The summed E-state index contributed by atoms with van der Waals surface area (Å²) >= 11 is 0. The van der Waals surface area contributed by atoms with Crippen molar-refractivity contribution < 1.29 is 21.6 Å². The first-order valence-corrected chi connectivity index (χ1v) is 11.2. The molecule has 1 aliphatic heterocycles. The van der Waals surface area contributed by atoms with Crippen LogP contribution < -0.4 is 0 Å². The number of nitrogens with zero attached hydrogens (tertiary/aromatic N) is 1. The molecule has 1 aromatic rings. The Kier molecular flexibility index (Phi) is 5.15. The summed E-state index contributed by atoms with van der Waals surface area (Å²) < 4.78 is 46.6. The van der Waals surface area contributed by atoms with Gasteiger partial charge in [-0.1, -0.05) is 13.0 Å². The molecule has 1 aliphatic rings. The van der Waals surface area contributed by atoms with E-state index in [1.807, 2.05) is 6.92 Å². The predicted molar refractivity (Wildman–Crippen MR) is 87.9 cm³/mol. The summed E-state index contributed by atoms with van der Waals surface area (Å²) in [5, 5.41) is 0. The van der Waals surface area contributed by atoms with E-state index in [1.54, 1.807) is 11.0 Å². The van der Waals surface area contributed by atoms with E-state index in [4.69, 9.17) is 0 Å². The van der Waals surface area contributed by atoms with E-state index in [1.165, 1.54) is 18.2 Å². The maximum Gasteiger partial charge on any atom is 0.254 e. The highest BCUT2D eigenvalue weighted by atomic mass is 32.2. The fourth-order valence-electron chi connectivity index (χ4n) is 2.74. The first-order valence-electron chi connectivity index (χ1n) is 7.45. The molecule has 1 aromatic carbocycles. The van der Waals surface area contributed by atoms with Gasteiger partial charge in [0.25, 0.3) is 5.91 Å². The molecule has 8 heteroatoms. The van der Waals surface area contributed by atoms with Crippen LogP contribution in [0.25, 0.3) is 0 Å². The predicted octanol–water partition coefficient (Wildman–Crippen LogP) is 1.13. The lowest BCUT2D eigenvalue weighted by atomic mass is 10.1. The minimum Gasteiger partial charge on any atom is -0.335 e. The Bertz CT molecular complexity index is 799. The molecule has 0 aromatic heterocycles. The van der Waals surface area contributed by atoms with Gasteiger partial charge < -0.3 is 4.90 Å². The van der Waals surface area contributed by atoms with E-state index in [2.05, 4.69) is 0 Å². The van der Waals surface area contributed by atoms with Crippen LogP contribution in [0.3, 0.4) is 0 Å². The Morgan fingerprint density at radius 1 is 1.35 bits per heavy atom. The molecule has 0 spiro atoms. The summed E-state index contributed by atoms with van der Waals surface area (Å²) in [5.41, 5.74) is 0.269. The maximum absolute atomic E-state index is 12.7. The molecule has 23 heavy (non-hydrogen) atoms. The highest BCUT2D eigenvalue weighted by Gasteiger charge is 2.34. The molecule has 0 saturated carbocycles. The van der Waals surface area contributed by atoms with Crippen molar-refractivity contribution in [3.63, 3.8) is 0 Å². The van der Waals surface area contributed by atoms with Crippen LogP contribution in [0.15, 0.2) is 29.2 Å². The van der Waals surface area contributed by atoms with Crippen molar-refractivity contribution in [2.24, 2.45) is 0 Å². The Balaban J connectivity index is 2.32. The lowest BCUT2D eigenvalue weighted by molar-refractivity contribution is 0.0697. The second-order valence-corrected chi connectivity index (χ2v) is 10.1. The maximum atomic E-state index is 12.7. The van der Waals surface area contributed by atoms with Gasteiger partial charge in [0.2, 0.25) is 0 Å². The molecule has 1 saturated heterocycles. The highest BCUT2D eigenvalue weighted by molar-refractivity contribution is 7.91. The SMILES string of the molecule is CCCN(C(=O)c1cccc(S(C)(=O)=O)c1)[C@H]1CCS(=O)(=O)C1. The number of carbonyl (C=O) groups is 1. The number of benzene rings is 1. The van der Waals surface area contributed by atoms with Crippen molar-refractivity contribution in [3.05, 3.63) is 29.8 Å². The molecule has 1 fully saturated rings. The summed E-state index contributed by atoms with van der Waals surface area (Å²) in [6.07, 6.45) is 2.22. The van der Waals surface area contributed by atoms with Crippen LogP contribution in [-0.4, -0.2) is 58.0 Å². The van der Waals surface area contributed by atoms with Crippen molar-refractivity contribution in [1.29, 1.82) is 0 Å². The zero-order valence-corrected chi connectivity index (χ0v) is 14.9. The van der Waals surface area contributed by atoms with Gasteiger partial charge in [-0.15, -0.1) is 0 Å². The zero-order valence-electron chi connectivity index (χ0n) is 13.2. The average Bonchev–Trinajstić information content (AvgIpc) is 2.83. The molecule has 0 aliphatic carbocycles. The second-order valence-electron chi connectivity index (χ2n) is 5.86. The smallest absolute Gasteiger partial charge is 0.254 e. The van der Waals surface area contributed by atoms with Crippen LogP contribution in [-0.2, 0) is 19.7 Å². The standard InChI is InChI=1S/C15H21NO5S2/c1-3-8-16(13-7-9-23(20,21)11-13)15(17)12-5-4-6-14(10-12)22(2,18)19/h4-6,10,13H,3,7-9,11H2,1-2H3/t13-/m0/s1. The minimum absolute atomic E-state index is 0.0233. The minimum atomic E-state index is -3.40. The largest absolute Gasteiger partial charge is 0.335 e. The first-order chi connectivity index (χ1) is 10.6. The van der Waals surface area contributed by atoms with E-state index in [0.717, 1.165) is 6.26 Å². The Labute approximate surface area is 137 Å². The van der Waals surface area contributed by atoms with Crippen LogP contribution in [0.5, 0.6) is 0 Å². The molecule has 1 heterocycles. The van der Waals surface area contributed by atoms with Gasteiger partial charge in [-0.3, -0.25) is 4.79 Å². The van der Waals surface area contributed by atoms with Crippen molar-refractivity contribution >= 4 is 25.6 Å². The number of sulfone groups is 2. The van der Waals surface area contributed by atoms with E-state index in [9.17, 15) is 21.6 Å². The lowest BCUT2D eigenvalue weighted by Crippen LogP contribution is -2.41. The number of hydrogen-bond donors (Lipinski definition) is 0. The van der Waals surface area contributed by atoms with E-state index in [-0.39, 0.29) is 33.9 Å². The molecular weight excluding hydrogens is 338 g/mol. The molecule has 128 valence electrons. The van der Waals surface area contributed by atoms with Crippen molar-refractivity contribution in [1.82, 2.24) is 4.90 Å². The monoisotopic (exact) mass is 359 g/mol. The third kappa shape index (κ3) is 4.32. The zero-order chi connectivity index (χ0) is 17.3. The first kappa shape index (κ1) is 17.9. The van der Waals surface area contributed by atoms with Gasteiger partial charge in [0.15, 0.2) is 19.7 Å². The Morgan fingerprint density at radius 2 is 2.04 bits per heavy atom. The quantitative estimate of drug-likeness (QED) is 0.786. The van der Waals surface area contributed by atoms with E-state index in [0.29, 0.717) is 19.4 Å². The number of hydrogen-bond acceptors (Lipinski definition) is 5. The highest BCUT2D eigenvalue weighted by Crippen LogP contribution is 2.21. The van der Waals surface area contributed by atoms with Gasteiger partial charge >= 0.3 is 0 Å². The normalized spacial score (nSPS) is 20.3. The fraction of sp³-hybridized carbons (Fsp3) is 0.533. The molecule has 0 radical (unpaired) electrons. The lowest BCUT2D eigenvalue weighted by Gasteiger charge is -2.28. The van der Waals surface area contributed by atoms with Crippen LogP contribution >= 0.6 is 0 Å². The van der Waals surface area contributed by atoms with Gasteiger partial charge in [0, 0.05) is 24.4 Å². The van der Waals surface area contributed by atoms with E-state index < -0.39 is 19.7 Å². The van der Waals surface area contributed by atoms with Gasteiger partial charge in [-0.05, 0) is 31.0 Å². The summed E-state index contributed by atoms with van der Waals surface area (Å²) in [5.74, 6) is -0.251. The van der Waals surface area contributed by atoms with Gasteiger partial charge in [-0.25, -0.2) is 16.8 Å². The molecule has 0 unspecified atom stereocenters. The van der Waals surface area contributed by atoms with Crippen LogP contribution in [0.4, 0.5) is 0 Å². The van der Waals surface area contributed by atoms with Crippen LogP contribution in [0, 0.1) is 0 Å². The molecular formula is C15H21NO5S2. The molecule has 2 rings (SSSR count). The van der Waals surface area contributed by atoms with Crippen molar-refractivity contribution in [2.75, 3.05) is 24.3 Å². The van der Waals surface area contributed by atoms with Crippen LogP contribution in [0.2, 0.25) is 0 Å². The van der Waals surface area contributed by atoms with Gasteiger partial charge in [-0.2, -0.15) is 0 Å². The summed E-state index contributed by atoms with van der Waals surface area (Å²) in [7, 11) is -6.50. The fourth-order valence-corrected chi connectivity index (χ4v) is 5.14. The average molecular weight is 359 g/mol. The third-order valence-electron chi connectivity index (χ3n) is 3.88. The second kappa shape index (κ2) is 6.60. The summed E-state index contributed by atoms with van der Waals surface area (Å²) in [6, 6.07) is 5.54.